The van der Waals surface area contributed by atoms with Crippen molar-refractivity contribution in [1.29, 1.82) is 0 Å². The summed E-state index contributed by atoms with van der Waals surface area (Å²) in [6, 6.07) is 4.75. The van der Waals surface area contributed by atoms with Gasteiger partial charge in [-0.2, -0.15) is 17.5 Å². The minimum Gasteiger partial charge on any atom is -0.373 e. The molecule has 1 N–H and O–H groups in total. The van der Waals surface area contributed by atoms with Crippen LogP contribution in [0.1, 0.15) is 28.4 Å². The van der Waals surface area contributed by atoms with Gasteiger partial charge in [0, 0.05) is 38.9 Å². The van der Waals surface area contributed by atoms with E-state index in [0.717, 1.165) is 29.8 Å². The Morgan fingerprint density at radius 2 is 1.84 bits per heavy atom. The largest absolute Gasteiger partial charge is 0.416 e. The Morgan fingerprint density at radius 3 is 2.35 bits per heavy atom. The zero-order chi connectivity index (χ0) is 23.0. The Labute approximate surface area is 178 Å². The van der Waals surface area contributed by atoms with Crippen LogP contribution < -0.4 is 5.32 Å². The highest BCUT2D eigenvalue weighted by atomic mass is 32.2. The normalized spacial score (nSPS) is 18.1. The molecule has 1 aliphatic rings. The number of benzene rings is 1. The van der Waals surface area contributed by atoms with Crippen LogP contribution in [0.2, 0.25) is 0 Å². The highest BCUT2D eigenvalue weighted by Crippen LogP contribution is 2.30. The topological polar surface area (TPSA) is 82.6 Å². The van der Waals surface area contributed by atoms with Crippen molar-refractivity contribution in [3.63, 3.8) is 0 Å². The van der Waals surface area contributed by atoms with Crippen molar-refractivity contribution in [3.05, 3.63) is 53.2 Å². The van der Waals surface area contributed by atoms with Gasteiger partial charge in [-0.15, -0.1) is 0 Å². The number of aryl methyl sites for hydroxylation is 1. The van der Waals surface area contributed by atoms with Gasteiger partial charge >= 0.3 is 6.18 Å². The molecule has 0 unspecified atom stereocenters. The lowest BCUT2D eigenvalue weighted by atomic mass is 10.1. The number of carbonyl (C=O) groups excluding carboxylic acids is 1. The van der Waals surface area contributed by atoms with Crippen LogP contribution >= 0.6 is 0 Å². The lowest BCUT2D eigenvalue weighted by Crippen LogP contribution is -2.55. The number of sulfonamides is 1. The fraction of sp³-hybridized carbons (Fsp3) is 0.400. The summed E-state index contributed by atoms with van der Waals surface area (Å²) in [5.41, 5.74) is 0.268. The van der Waals surface area contributed by atoms with Crippen LogP contribution in [-0.2, 0) is 16.2 Å². The second-order valence-electron chi connectivity index (χ2n) is 7.37. The van der Waals surface area contributed by atoms with Crippen LogP contribution in [0, 0.1) is 6.92 Å². The quantitative estimate of drug-likeness (QED) is 0.765. The molecule has 1 aromatic carbocycles. The van der Waals surface area contributed by atoms with E-state index in [-0.39, 0.29) is 30.4 Å². The molecular weight excluding hydrogens is 433 g/mol. The first-order valence-corrected chi connectivity index (χ1v) is 11.0. The number of hydrogen-bond acceptors (Lipinski definition) is 5. The van der Waals surface area contributed by atoms with Gasteiger partial charge in [-0.3, -0.25) is 4.79 Å². The monoisotopic (exact) mass is 456 g/mol. The molecule has 1 atom stereocenters. The number of hydrogen-bond donors (Lipinski definition) is 1. The van der Waals surface area contributed by atoms with E-state index in [1.165, 1.54) is 10.5 Å². The zero-order valence-corrected chi connectivity index (χ0v) is 18.1. The van der Waals surface area contributed by atoms with Gasteiger partial charge in [-0.05, 0) is 49.7 Å². The van der Waals surface area contributed by atoms with E-state index >= 15 is 0 Å². The van der Waals surface area contributed by atoms with E-state index in [2.05, 4.69) is 10.3 Å². The molecular formula is C20H23F3N4O3S. The summed E-state index contributed by atoms with van der Waals surface area (Å²) < 4.78 is 65.2. The fourth-order valence-electron chi connectivity index (χ4n) is 3.48. The van der Waals surface area contributed by atoms with Gasteiger partial charge in [-0.25, -0.2) is 13.4 Å². The lowest BCUT2D eigenvalue weighted by Gasteiger charge is -2.39. The van der Waals surface area contributed by atoms with E-state index < -0.39 is 27.8 Å². The highest BCUT2D eigenvalue weighted by Gasteiger charge is 2.36. The predicted octanol–water partition coefficient (Wildman–Crippen LogP) is 2.99. The van der Waals surface area contributed by atoms with Crippen molar-refractivity contribution in [1.82, 2.24) is 14.2 Å². The summed E-state index contributed by atoms with van der Waals surface area (Å²) in [4.78, 5) is 18.5. The summed E-state index contributed by atoms with van der Waals surface area (Å²) in [6.45, 7) is 3.77. The zero-order valence-electron chi connectivity index (χ0n) is 17.3. The van der Waals surface area contributed by atoms with Crippen LogP contribution in [0.15, 0.2) is 41.4 Å². The van der Waals surface area contributed by atoms with Gasteiger partial charge in [0.1, 0.15) is 5.82 Å². The average molecular weight is 456 g/mol. The van der Waals surface area contributed by atoms with Gasteiger partial charge in [0.05, 0.1) is 16.0 Å². The highest BCUT2D eigenvalue weighted by molar-refractivity contribution is 7.89. The third-order valence-electron chi connectivity index (χ3n) is 5.27. The van der Waals surface area contributed by atoms with E-state index in [4.69, 9.17) is 0 Å². The molecule has 7 nitrogen and oxygen atoms in total. The van der Waals surface area contributed by atoms with Gasteiger partial charge in [0.25, 0.3) is 5.91 Å². The maximum Gasteiger partial charge on any atom is 0.416 e. The van der Waals surface area contributed by atoms with Crippen molar-refractivity contribution in [2.24, 2.45) is 0 Å². The minimum absolute atomic E-state index is 0.0379. The molecule has 2 heterocycles. The second-order valence-corrected chi connectivity index (χ2v) is 9.31. The number of alkyl halides is 3. The number of carbonyl (C=O) groups is 1. The van der Waals surface area contributed by atoms with Crippen molar-refractivity contribution in [3.8, 4) is 0 Å². The molecule has 0 saturated carbocycles. The summed E-state index contributed by atoms with van der Waals surface area (Å²) in [5, 5.41) is 2.90. The summed E-state index contributed by atoms with van der Waals surface area (Å²) in [6.07, 6.45) is -3.05. The molecule has 0 bridgehead atoms. The van der Waals surface area contributed by atoms with Crippen molar-refractivity contribution in [2.75, 3.05) is 32.0 Å². The molecule has 0 aliphatic carbocycles. The molecule has 1 aliphatic heterocycles. The summed E-state index contributed by atoms with van der Waals surface area (Å²) >= 11 is 0. The van der Waals surface area contributed by atoms with Gasteiger partial charge in [0.2, 0.25) is 10.0 Å². The number of aromatic nitrogens is 1. The van der Waals surface area contributed by atoms with Crippen molar-refractivity contribution >= 4 is 21.7 Å². The minimum atomic E-state index is -4.54. The molecule has 31 heavy (non-hydrogen) atoms. The molecule has 1 aromatic heterocycles. The predicted molar refractivity (Wildman–Crippen MR) is 109 cm³/mol. The molecule has 3 rings (SSSR count). The maximum absolute atomic E-state index is 13.0. The van der Waals surface area contributed by atoms with Crippen LogP contribution in [0.3, 0.4) is 0 Å². The smallest absolute Gasteiger partial charge is 0.373 e. The molecule has 11 heteroatoms. The van der Waals surface area contributed by atoms with E-state index in [1.807, 2.05) is 0 Å². The number of pyridine rings is 1. The SMILES string of the molecule is CNc1cc(C)c(C(=O)N2CCN(S(=O)(=O)c3ccc(C(F)(F)F)cc3)C[C@@H]2C)cn1. The fourth-order valence-corrected chi connectivity index (χ4v) is 4.99. The standard InChI is InChI=1S/C20H23F3N4O3S/c1-13-10-18(24-3)25-11-17(13)19(28)27-9-8-26(12-14(27)2)31(29,30)16-6-4-15(5-7-16)20(21,22)23/h4-7,10-11,14H,8-9,12H2,1-3H3,(H,24,25)/t14-/m0/s1. The Kier molecular flexibility index (Phi) is 6.28. The third-order valence-corrected chi connectivity index (χ3v) is 7.15. The molecule has 0 spiro atoms. The van der Waals surface area contributed by atoms with Crippen LogP contribution in [0.5, 0.6) is 0 Å². The molecule has 0 radical (unpaired) electrons. The number of amides is 1. The summed E-state index contributed by atoms with van der Waals surface area (Å²) in [7, 11) is -2.26. The molecule has 168 valence electrons. The first-order chi connectivity index (χ1) is 14.4. The van der Waals surface area contributed by atoms with Crippen molar-refractivity contribution < 1.29 is 26.4 Å². The Bertz CT molecular complexity index is 1070. The summed E-state index contributed by atoms with van der Waals surface area (Å²) in [5.74, 6) is 0.390. The number of piperazine rings is 1. The first kappa shape index (κ1) is 23.0. The second kappa shape index (κ2) is 8.46. The van der Waals surface area contributed by atoms with E-state index in [9.17, 15) is 26.4 Å². The van der Waals surface area contributed by atoms with E-state index in [1.54, 1.807) is 31.9 Å². The molecule has 2 aromatic rings. The third kappa shape index (κ3) is 4.67. The molecule has 1 amide bonds. The Hall–Kier alpha value is -2.66. The maximum atomic E-state index is 13.0. The molecule has 1 saturated heterocycles. The van der Waals surface area contributed by atoms with Gasteiger partial charge in [0.15, 0.2) is 0 Å². The Balaban J connectivity index is 1.75. The number of anilines is 1. The van der Waals surface area contributed by atoms with Gasteiger partial charge in [-0.1, -0.05) is 0 Å². The lowest BCUT2D eigenvalue weighted by molar-refractivity contribution is -0.137. The van der Waals surface area contributed by atoms with Crippen LogP contribution in [-0.4, -0.2) is 61.2 Å². The van der Waals surface area contributed by atoms with E-state index in [0.29, 0.717) is 11.4 Å². The van der Waals surface area contributed by atoms with Crippen LogP contribution in [0.4, 0.5) is 19.0 Å². The first-order valence-electron chi connectivity index (χ1n) is 9.58. The van der Waals surface area contributed by atoms with Crippen molar-refractivity contribution in [2.45, 2.75) is 31.0 Å². The number of nitrogens with one attached hydrogen (secondary N) is 1. The average Bonchev–Trinajstić information content (AvgIpc) is 2.72. The van der Waals surface area contributed by atoms with Gasteiger partial charge < -0.3 is 10.2 Å². The molecule has 1 fully saturated rings. The Morgan fingerprint density at radius 1 is 1.19 bits per heavy atom. The number of rotatable bonds is 4. The van der Waals surface area contributed by atoms with Crippen LogP contribution in [0.25, 0.3) is 0 Å². The number of nitrogens with zero attached hydrogens (tertiary/aromatic N) is 3. The number of halogens is 3.